The number of hydrazine groups is 1. The molecule has 16 nitrogen and oxygen atoms in total. The van der Waals surface area contributed by atoms with Gasteiger partial charge >= 0.3 is 5.97 Å². The van der Waals surface area contributed by atoms with Crippen LogP contribution in [0.15, 0.2) is 79.6 Å². The first-order valence-electron chi connectivity index (χ1n) is 23.0. The first kappa shape index (κ1) is 48.3. The number of hydrogen-bond acceptors (Lipinski definition) is 10. The fourth-order valence-electron chi connectivity index (χ4n) is 9.35. The monoisotopic (exact) mass is 913 g/mol. The highest BCUT2D eigenvalue weighted by Gasteiger charge is 2.38. The molecule has 6 bridgehead atoms. The number of nitrogens with zero attached hydrogens (tertiary/aromatic N) is 6. The van der Waals surface area contributed by atoms with Crippen LogP contribution in [0.1, 0.15) is 87.9 Å². The molecule has 3 N–H and O–H groups in total. The van der Waals surface area contributed by atoms with E-state index in [1.165, 1.54) is 27.7 Å². The summed E-state index contributed by atoms with van der Waals surface area (Å²) < 4.78 is 15.7. The average Bonchev–Trinajstić information content (AvgIpc) is 3.83. The number of aryl methyl sites for hydroxylation is 1. The smallest absolute Gasteiger partial charge is 0.324 e. The van der Waals surface area contributed by atoms with Gasteiger partial charge in [-0.25, -0.2) is 10.4 Å². The maximum absolute atomic E-state index is 14.7. The van der Waals surface area contributed by atoms with Crippen molar-refractivity contribution in [1.82, 2.24) is 39.8 Å². The number of cyclic esters (lactones) is 1. The molecule has 4 atom stereocenters. The Kier molecular flexibility index (Phi) is 14.5. The Morgan fingerprint density at radius 3 is 2.55 bits per heavy atom. The second kappa shape index (κ2) is 20.1. The number of likely N-dealkylation sites (N-methyl/N-ethyl adjacent to an activating group) is 1. The van der Waals surface area contributed by atoms with E-state index in [4.69, 9.17) is 14.5 Å². The molecular formula is C51H63N9O7. The molecule has 0 saturated carbocycles. The molecule has 2 aliphatic rings. The number of carbonyl (C=O) groups excluding carboxylic acids is 5. The molecule has 354 valence electrons. The predicted octanol–water partition coefficient (Wildman–Crippen LogP) is 6.40. The van der Waals surface area contributed by atoms with Gasteiger partial charge in [0, 0.05) is 68.8 Å². The summed E-state index contributed by atoms with van der Waals surface area (Å²) in [5.74, 6) is -2.59. The summed E-state index contributed by atoms with van der Waals surface area (Å²) in [6.07, 6.45) is 5.66. The van der Waals surface area contributed by atoms with Crippen LogP contribution >= 0.6 is 0 Å². The summed E-state index contributed by atoms with van der Waals surface area (Å²) in [6.45, 7) is 16.5. The van der Waals surface area contributed by atoms with Gasteiger partial charge in [0.05, 0.1) is 30.3 Å². The third-order valence-electron chi connectivity index (χ3n) is 12.9. The number of methoxy groups -OCH3 is 1. The van der Waals surface area contributed by atoms with E-state index >= 15 is 0 Å². The van der Waals surface area contributed by atoms with E-state index in [1.807, 2.05) is 51.1 Å². The molecule has 1 unspecified atom stereocenters. The van der Waals surface area contributed by atoms with E-state index < -0.39 is 53.1 Å². The van der Waals surface area contributed by atoms with Crippen molar-refractivity contribution in [3.05, 3.63) is 102 Å². The lowest BCUT2D eigenvalue weighted by Gasteiger charge is -2.36. The molecular weight excluding hydrogens is 851 g/mol. The van der Waals surface area contributed by atoms with Crippen LogP contribution in [0.3, 0.4) is 0 Å². The van der Waals surface area contributed by atoms with Crippen molar-refractivity contribution < 1.29 is 33.4 Å². The van der Waals surface area contributed by atoms with Crippen LogP contribution in [-0.2, 0) is 55.1 Å². The molecule has 5 aromatic rings. The minimum Gasteiger partial charge on any atom is -0.464 e. The number of hydrogen-bond donors (Lipinski definition) is 3. The average molecular weight is 914 g/mol. The fourth-order valence-corrected chi connectivity index (χ4v) is 9.35. The first-order chi connectivity index (χ1) is 32.0. The standard InChI is InChI=1S/C51H63N9O7/c1-11-42(61)55-41-28-53-46(57(41)8)49(64)58(9)44(30(3)4)47(62)54-39-25-32-16-13-17-33(24-32)34-20-21-40-36(26-34)37(45(59(40)12-2)35-18-14-22-52-43(35)31(5)66-10)27-51(6,7)29-67-50(65)38-19-15-23-60(56-38)48(39)63/h11,13-14,16-18,20-22,24,26,28,30-31,38-39,44,56H,1,12,15,19,23,25,27,29H2,2-10H3,(H,54,62)(H,55,61)/t31-,38-,39-,44?/m0/s1. The fraction of sp³-hybridized carbons (Fsp3) is 0.431. The van der Waals surface area contributed by atoms with Crippen LogP contribution < -0.4 is 16.1 Å². The van der Waals surface area contributed by atoms with Gasteiger partial charge in [0.2, 0.25) is 17.6 Å². The zero-order valence-corrected chi connectivity index (χ0v) is 40.0. The van der Waals surface area contributed by atoms with Gasteiger partial charge in [-0.3, -0.25) is 34.0 Å². The van der Waals surface area contributed by atoms with Crippen LogP contribution in [0, 0.1) is 11.3 Å². The molecule has 4 amide bonds. The largest absolute Gasteiger partial charge is 0.464 e. The van der Waals surface area contributed by atoms with Crippen molar-refractivity contribution in [3.63, 3.8) is 0 Å². The van der Waals surface area contributed by atoms with Crippen LogP contribution in [0.5, 0.6) is 0 Å². The second-order valence-corrected chi connectivity index (χ2v) is 18.7. The number of pyridine rings is 1. The van der Waals surface area contributed by atoms with Gasteiger partial charge in [-0.05, 0) is 91.6 Å². The SMILES string of the molecule is C=CC(=O)Nc1cnc(C(=O)N(C)C(C(=O)N[C@H]2Cc3cccc(c3)-c3ccc4c(c3)c(c(-c3cccnc3[C@H](C)OC)n4CC)CC(C)(C)COC(=O)[C@@H]3CCCN(N3)C2=O)C(C)C)n1C. The Bertz CT molecular complexity index is 2700. The quantitative estimate of drug-likeness (QED) is 0.0991. The summed E-state index contributed by atoms with van der Waals surface area (Å²) in [5, 5.41) is 8.11. The van der Waals surface area contributed by atoms with Crippen LogP contribution in [0.2, 0.25) is 0 Å². The van der Waals surface area contributed by atoms with Gasteiger partial charge < -0.3 is 34.1 Å². The summed E-state index contributed by atoms with van der Waals surface area (Å²) in [7, 11) is 4.78. The number of fused-ring (bicyclic) bond motifs is 6. The zero-order chi connectivity index (χ0) is 48.3. The normalized spacial score (nSPS) is 18.4. The molecule has 0 radical (unpaired) electrons. The lowest BCUT2D eigenvalue weighted by Crippen LogP contribution is -2.62. The third-order valence-corrected chi connectivity index (χ3v) is 12.9. The Labute approximate surface area is 392 Å². The van der Waals surface area contributed by atoms with Crippen LogP contribution in [0.25, 0.3) is 33.3 Å². The highest BCUT2D eigenvalue weighted by Crippen LogP contribution is 2.42. The topological polar surface area (TPSA) is 182 Å². The number of carbonyl (C=O) groups is 5. The molecule has 1 fully saturated rings. The molecule has 0 spiro atoms. The Balaban J connectivity index is 1.30. The Morgan fingerprint density at radius 2 is 1.84 bits per heavy atom. The maximum Gasteiger partial charge on any atom is 0.324 e. The van der Waals surface area contributed by atoms with Crippen molar-refractivity contribution in [3.8, 4) is 22.4 Å². The van der Waals surface area contributed by atoms with Crippen LogP contribution in [0.4, 0.5) is 5.82 Å². The van der Waals surface area contributed by atoms with E-state index in [-0.39, 0.29) is 36.7 Å². The molecule has 0 aliphatic carbocycles. The van der Waals surface area contributed by atoms with Crippen molar-refractivity contribution in [2.75, 3.05) is 32.6 Å². The number of imidazole rings is 1. The van der Waals surface area contributed by atoms with E-state index in [2.05, 4.69) is 77.2 Å². The van der Waals surface area contributed by atoms with E-state index in [1.54, 1.807) is 20.4 Å². The number of esters is 1. The van der Waals surface area contributed by atoms with Gasteiger partial charge in [0.15, 0.2) is 0 Å². The highest BCUT2D eigenvalue weighted by atomic mass is 16.5. The molecule has 3 aromatic heterocycles. The number of benzene rings is 2. The molecule has 2 aromatic carbocycles. The molecule has 1 saturated heterocycles. The number of rotatable bonds is 11. The minimum atomic E-state index is -1.10. The number of ether oxygens (including phenoxy) is 2. The lowest BCUT2D eigenvalue weighted by molar-refractivity contribution is -0.155. The zero-order valence-electron chi connectivity index (χ0n) is 40.0. The molecule has 7 rings (SSSR count). The van der Waals surface area contributed by atoms with Gasteiger partial charge in [0.25, 0.3) is 11.8 Å². The number of amides is 4. The molecule has 67 heavy (non-hydrogen) atoms. The summed E-state index contributed by atoms with van der Waals surface area (Å²) >= 11 is 0. The molecule has 16 heteroatoms. The molecule has 2 aliphatic heterocycles. The minimum absolute atomic E-state index is 0.00134. The van der Waals surface area contributed by atoms with E-state index in [0.717, 1.165) is 56.2 Å². The van der Waals surface area contributed by atoms with Crippen LogP contribution in [-0.4, -0.2) is 104 Å². The van der Waals surface area contributed by atoms with Gasteiger partial charge in [-0.15, -0.1) is 0 Å². The predicted molar refractivity (Wildman–Crippen MR) is 256 cm³/mol. The Morgan fingerprint density at radius 1 is 1.07 bits per heavy atom. The number of aromatic nitrogens is 4. The lowest BCUT2D eigenvalue weighted by atomic mass is 9.84. The van der Waals surface area contributed by atoms with Crippen molar-refractivity contribution in [1.29, 1.82) is 0 Å². The van der Waals surface area contributed by atoms with Crippen molar-refractivity contribution in [2.45, 2.75) is 98.0 Å². The third kappa shape index (κ3) is 10.1. The van der Waals surface area contributed by atoms with E-state index in [0.29, 0.717) is 32.4 Å². The first-order valence-corrected chi connectivity index (χ1v) is 23.0. The summed E-state index contributed by atoms with van der Waals surface area (Å²) in [4.78, 5) is 79.5. The van der Waals surface area contributed by atoms with Crippen molar-refractivity contribution >= 4 is 46.3 Å². The number of anilines is 1. The Hall–Kier alpha value is -6.65. The van der Waals surface area contributed by atoms with Gasteiger partial charge in [0.1, 0.15) is 23.9 Å². The number of nitrogens with one attached hydrogen (secondary N) is 3. The summed E-state index contributed by atoms with van der Waals surface area (Å²) in [6, 6.07) is 15.5. The van der Waals surface area contributed by atoms with Gasteiger partial charge in [-0.1, -0.05) is 64.6 Å². The van der Waals surface area contributed by atoms with Crippen molar-refractivity contribution in [2.24, 2.45) is 18.4 Å². The second-order valence-electron chi connectivity index (χ2n) is 18.7. The maximum atomic E-state index is 14.7. The summed E-state index contributed by atoms with van der Waals surface area (Å²) in [5.41, 5.74) is 10.3. The molecule has 5 heterocycles. The van der Waals surface area contributed by atoms with Gasteiger partial charge in [-0.2, -0.15) is 0 Å². The van der Waals surface area contributed by atoms with E-state index in [9.17, 15) is 24.0 Å². The highest BCUT2D eigenvalue weighted by molar-refractivity contribution is 6.00.